The lowest BCUT2D eigenvalue weighted by molar-refractivity contribution is -0.134. The second-order valence-electron chi connectivity index (χ2n) is 7.71. The first kappa shape index (κ1) is 19.4. The lowest BCUT2D eigenvalue weighted by Crippen LogP contribution is -2.54. The maximum Gasteiger partial charge on any atom is 0.223 e. The molecule has 1 atom stereocenters. The molecule has 1 heterocycles. The molecule has 0 radical (unpaired) electrons. The third-order valence-corrected chi connectivity index (χ3v) is 5.77. The maximum absolute atomic E-state index is 13.5. The van der Waals surface area contributed by atoms with Crippen LogP contribution in [0.25, 0.3) is 0 Å². The van der Waals surface area contributed by atoms with Gasteiger partial charge in [0, 0.05) is 38.0 Å². The van der Waals surface area contributed by atoms with Crippen molar-refractivity contribution >= 4 is 5.91 Å². The van der Waals surface area contributed by atoms with Crippen molar-refractivity contribution in [3.63, 3.8) is 0 Å². The normalized spacial score (nSPS) is 16.7. The van der Waals surface area contributed by atoms with E-state index in [4.69, 9.17) is 0 Å². The number of nitrogens with one attached hydrogen (secondary N) is 1. The Morgan fingerprint density at radius 3 is 2.00 bits per heavy atom. The summed E-state index contributed by atoms with van der Waals surface area (Å²) in [6, 6.07) is 31.5. The summed E-state index contributed by atoms with van der Waals surface area (Å²) in [5.74, 6) is 0.322. The molecule has 1 amide bonds. The van der Waals surface area contributed by atoms with E-state index < -0.39 is 0 Å². The highest BCUT2D eigenvalue weighted by atomic mass is 16.2. The summed E-state index contributed by atoms with van der Waals surface area (Å²) < 4.78 is 0. The number of carbonyl (C=O) groups is 1. The summed E-state index contributed by atoms with van der Waals surface area (Å²) in [7, 11) is 0. The van der Waals surface area contributed by atoms with E-state index in [2.05, 4.69) is 83.0 Å². The van der Waals surface area contributed by atoms with Crippen LogP contribution in [-0.4, -0.2) is 36.5 Å². The van der Waals surface area contributed by atoms with Crippen LogP contribution in [0, 0.1) is 0 Å². The van der Waals surface area contributed by atoms with Crippen LogP contribution < -0.4 is 5.32 Å². The first-order chi connectivity index (χ1) is 14.3. The molecule has 3 aromatic carbocycles. The van der Waals surface area contributed by atoms with E-state index >= 15 is 0 Å². The molecule has 29 heavy (non-hydrogen) atoms. The summed E-state index contributed by atoms with van der Waals surface area (Å²) in [5.41, 5.74) is 3.67. The first-order valence-electron chi connectivity index (χ1n) is 10.5. The summed E-state index contributed by atoms with van der Waals surface area (Å²) >= 11 is 0. The van der Waals surface area contributed by atoms with Gasteiger partial charge >= 0.3 is 0 Å². The predicted molar refractivity (Wildman–Crippen MR) is 118 cm³/mol. The van der Waals surface area contributed by atoms with Gasteiger partial charge in [0.05, 0.1) is 0 Å². The smallest absolute Gasteiger partial charge is 0.223 e. The van der Waals surface area contributed by atoms with E-state index in [0.717, 1.165) is 26.1 Å². The molecule has 1 unspecified atom stereocenters. The molecule has 0 saturated carbocycles. The molecule has 1 aliphatic heterocycles. The molecule has 1 N–H and O–H groups in total. The summed E-state index contributed by atoms with van der Waals surface area (Å²) in [6.45, 7) is 2.48. The minimum atomic E-state index is 0.0807. The standard InChI is InChI=1S/C26H28N2O/c29-26(28-17-16-27-20-24(28)18-21-10-4-1-5-11-21)19-25(22-12-6-2-7-13-22)23-14-8-3-9-15-23/h1-15,24-25,27H,16-20H2. The Kier molecular flexibility index (Phi) is 6.38. The lowest BCUT2D eigenvalue weighted by atomic mass is 9.87. The Morgan fingerprint density at radius 1 is 0.862 bits per heavy atom. The Labute approximate surface area is 173 Å². The number of carbonyl (C=O) groups excluding carboxylic acids is 1. The van der Waals surface area contributed by atoms with Gasteiger partial charge in [0.1, 0.15) is 0 Å². The van der Waals surface area contributed by atoms with Crippen molar-refractivity contribution in [2.24, 2.45) is 0 Å². The van der Waals surface area contributed by atoms with Crippen molar-refractivity contribution in [3.8, 4) is 0 Å². The molecular weight excluding hydrogens is 356 g/mol. The molecule has 1 saturated heterocycles. The Bertz CT molecular complexity index is 856. The zero-order chi connectivity index (χ0) is 19.9. The number of amides is 1. The highest BCUT2D eigenvalue weighted by molar-refractivity contribution is 5.78. The average molecular weight is 385 g/mol. The molecule has 0 aromatic heterocycles. The van der Waals surface area contributed by atoms with Gasteiger partial charge in [0.2, 0.25) is 5.91 Å². The number of benzene rings is 3. The average Bonchev–Trinajstić information content (AvgIpc) is 2.79. The van der Waals surface area contributed by atoms with Crippen LogP contribution in [0.3, 0.4) is 0 Å². The van der Waals surface area contributed by atoms with Crippen molar-refractivity contribution in [1.82, 2.24) is 10.2 Å². The van der Waals surface area contributed by atoms with Crippen molar-refractivity contribution in [3.05, 3.63) is 108 Å². The topological polar surface area (TPSA) is 32.3 Å². The van der Waals surface area contributed by atoms with Crippen LogP contribution in [0.5, 0.6) is 0 Å². The minimum Gasteiger partial charge on any atom is -0.337 e. The second kappa shape index (κ2) is 9.53. The van der Waals surface area contributed by atoms with Gasteiger partial charge in [0.15, 0.2) is 0 Å². The van der Waals surface area contributed by atoms with Gasteiger partial charge in [-0.2, -0.15) is 0 Å². The fourth-order valence-corrected chi connectivity index (χ4v) is 4.25. The number of hydrogen-bond acceptors (Lipinski definition) is 2. The maximum atomic E-state index is 13.5. The van der Waals surface area contributed by atoms with Crippen LogP contribution in [0.15, 0.2) is 91.0 Å². The molecule has 4 rings (SSSR count). The van der Waals surface area contributed by atoms with Gasteiger partial charge in [-0.25, -0.2) is 0 Å². The van der Waals surface area contributed by atoms with Gasteiger partial charge in [0.25, 0.3) is 0 Å². The van der Waals surface area contributed by atoms with Gasteiger partial charge in [-0.15, -0.1) is 0 Å². The van der Waals surface area contributed by atoms with E-state index in [1.165, 1.54) is 16.7 Å². The molecule has 3 aromatic rings. The van der Waals surface area contributed by atoms with Gasteiger partial charge in [-0.3, -0.25) is 4.79 Å². The Balaban J connectivity index is 1.54. The zero-order valence-corrected chi connectivity index (χ0v) is 16.7. The molecule has 1 fully saturated rings. The fraction of sp³-hybridized carbons (Fsp3) is 0.269. The molecule has 1 aliphatic rings. The van der Waals surface area contributed by atoms with Crippen LogP contribution >= 0.6 is 0 Å². The second-order valence-corrected chi connectivity index (χ2v) is 7.71. The number of rotatable bonds is 6. The van der Waals surface area contributed by atoms with Crippen molar-refractivity contribution in [2.75, 3.05) is 19.6 Å². The number of nitrogens with zero attached hydrogens (tertiary/aromatic N) is 1. The van der Waals surface area contributed by atoms with Gasteiger partial charge in [-0.05, 0) is 23.1 Å². The van der Waals surface area contributed by atoms with Crippen LogP contribution in [0.1, 0.15) is 29.0 Å². The molecule has 0 spiro atoms. The van der Waals surface area contributed by atoms with E-state index in [1.54, 1.807) is 0 Å². The third kappa shape index (κ3) is 4.93. The Morgan fingerprint density at radius 2 is 1.41 bits per heavy atom. The number of piperazine rings is 1. The first-order valence-corrected chi connectivity index (χ1v) is 10.5. The van der Waals surface area contributed by atoms with Crippen molar-refractivity contribution in [2.45, 2.75) is 24.8 Å². The van der Waals surface area contributed by atoms with Crippen molar-refractivity contribution in [1.29, 1.82) is 0 Å². The molecule has 0 aliphatic carbocycles. The molecule has 148 valence electrons. The van der Waals surface area contributed by atoms with E-state index in [1.807, 2.05) is 18.2 Å². The van der Waals surface area contributed by atoms with Crippen LogP contribution in [-0.2, 0) is 11.2 Å². The monoisotopic (exact) mass is 384 g/mol. The summed E-state index contributed by atoms with van der Waals surface area (Å²) in [4.78, 5) is 15.6. The van der Waals surface area contributed by atoms with Gasteiger partial charge in [-0.1, -0.05) is 91.0 Å². The third-order valence-electron chi connectivity index (χ3n) is 5.77. The summed E-state index contributed by atoms with van der Waals surface area (Å²) in [5, 5.41) is 3.46. The quantitative estimate of drug-likeness (QED) is 0.689. The highest BCUT2D eigenvalue weighted by Gasteiger charge is 2.29. The highest BCUT2D eigenvalue weighted by Crippen LogP contribution is 2.29. The zero-order valence-electron chi connectivity index (χ0n) is 16.7. The molecular formula is C26H28N2O. The number of hydrogen-bond donors (Lipinski definition) is 1. The SMILES string of the molecule is O=C(CC(c1ccccc1)c1ccccc1)N1CCNCC1Cc1ccccc1. The largest absolute Gasteiger partial charge is 0.337 e. The Hall–Kier alpha value is -2.91. The molecule has 0 bridgehead atoms. The van der Waals surface area contributed by atoms with E-state index in [0.29, 0.717) is 6.42 Å². The predicted octanol–water partition coefficient (Wildman–Crippen LogP) is 4.25. The molecule has 3 heteroatoms. The van der Waals surface area contributed by atoms with E-state index in [9.17, 15) is 4.79 Å². The van der Waals surface area contributed by atoms with Crippen LogP contribution in [0.2, 0.25) is 0 Å². The lowest BCUT2D eigenvalue weighted by Gasteiger charge is -2.37. The van der Waals surface area contributed by atoms with Crippen LogP contribution in [0.4, 0.5) is 0 Å². The van der Waals surface area contributed by atoms with Gasteiger partial charge < -0.3 is 10.2 Å². The van der Waals surface area contributed by atoms with E-state index in [-0.39, 0.29) is 17.9 Å². The minimum absolute atomic E-state index is 0.0807. The fourth-order valence-electron chi connectivity index (χ4n) is 4.25. The molecule has 3 nitrogen and oxygen atoms in total. The summed E-state index contributed by atoms with van der Waals surface area (Å²) in [6.07, 6.45) is 1.39. The van der Waals surface area contributed by atoms with Crippen molar-refractivity contribution < 1.29 is 4.79 Å².